The van der Waals surface area contributed by atoms with Crippen molar-refractivity contribution in [2.24, 2.45) is 5.92 Å². The normalized spacial score (nSPS) is 26.4. The predicted octanol–water partition coefficient (Wildman–Crippen LogP) is 3.17. The topological polar surface area (TPSA) is 90.5 Å². The zero-order valence-corrected chi connectivity index (χ0v) is 20.1. The van der Waals surface area contributed by atoms with Gasteiger partial charge in [0.15, 0.2) is 11.6 Å². The summed E-state index contributed by atoms with van der Waals surface area (Å²) in [5, 5.41) is 10.1. The first-order chi connectivity index (χ1) is 16.6. The maximum atomic E-state index is 14.2. The van der Waals surface area contributed by atoms with E-state index in [1.807, 2.05) is 0 Å². The average molecular weight is 471 g/mol. The Balaban J connectivity index is 1.35. The van der Waals surface area contributed by atoms with E-state index in [2.05, 4.69) is 42.6 Å². The largest absolute Gasteiger partial charge is 0.494 e. The molecule has 1 aromatic carbocycles. The van der Waals surface area contributed by atoms with Crippen LogP contribution in [0.15, 0.2) is 18.2 Å². The van der Waals surface area contributed by atoms with Gasteiger partial charge in [-0.25, -0.2) is 4.39 Å². The molecule has 0 aliphatic carbocycles. The lowest BCUT2D eigenvalue weighted by Crippen LogP contribution is -2.53. The summed E-state index contributed by atoms with van der Waals surface area (Å²) in [5.41, 5.74) is 0.553. The summed E-state index contributed by atoms with van der Waals surface area (Å²) in [6.07, 6.45) is 4.81. The number of aromatic nitrogens is 3. The second kappa shape index (κ2) is 10.3. The van der Waals surface area contributed by atoms with Crippen LogP contribution in [0.3, 0.4) is 0 Å². The Labute approximate surface area is 200 Å². The number of hydrogen-bond acceptors (Lipinski definition) is 9. The van der Waals surface area contributed by atoms with Crippen LogP contribution in [0.2, 0.25) is 0 Å². The zero-order valence-electron chi connectivity index (χ0n) is 20.1. The Morgan fingerprint density at radius 2 is 1.85 bits per heavy atom. The van der Waals surface area contributed by atoms with E-state index in [9.17, 15) is 4.39 Å². The first-order valence-corrected chi connectivity index (χ1v) is 12.4. The minimum absolute atomic E-state index is 0.199. The Hall–Kier alpha value is -2.72. The number of likely N-dealkylation sites (N-methyl/N-ethyl adjacent to an activating group) is 1. The molecule has 2 atom stereocenters. The second-order valence-electron chi connectivity index (χ2n) is 9.47. The summed E-state index contributed by atoms with van der Waals surface area (Å²) in [4.78, 5) is 18.9. The lowest BCUT2D eigenvalue weighted by Gasteiger charge is -2.44. The smallest absolute Gasteiger partial charge is 0.233 e. The molecule has 3 N–H and O–H groups in total. The quantitative estimate of drug-likeness (QED) is 0.511. The van der Waals surface area contributed by atoms with Crippen LogP contribution in [0, 0.1) is 11.7 Å². The van der Waals surface area contributed by atoms with Gasteiger partial charge in [0.25, 0.3) is 0 Å². The van der Waals surface area contributed by atoms with Crippen LogP contribution in [0.4, 0.5) is 27.9 Å². The molecule has 2 bridgehead atoms. The van der Waals surface area contributed by atoms with Gasteiger partial charge in [-0.15, -0.1) is 0 Å². The SMILES string of the molecule is CCN1CCCC1CNc1nc(Nc2ccc(OC)c(F)c2)nc(NC2CN3CCC2CC3)n1. The van der Waals surface area contributed by atoms with Crippen molar-refractivity contribution in [3.8, 4) is 5.75 Å². The molecule has 10 heteroatoms. The molecule has 1 aromatic heterocycles. The lowest BCUT2D eigenvalue weighted by molar-refractivity contribution is 0.0972. The van der Waals surface area contributed by atoms with Gasteiger partial charge in [-0.3, -0.25) is 4.90 Å². The highest BCUT2D eigenvalue weighted by Gasteiger charge is 2.34. The van der Waals surface area contributed by atoms with Crippen LogP contribution in [-0.4, -0.2) is 83.2 Å². The van der Waals surface area contributed by atoms with Gasteiger partial charge >= 0.3 is 0 Å². The Morgan fingerprint density at radius 1 is 1.06 bits per heavy atom. The number of nitrogens with one attached hydrogen (secondary N) is 3. The van der Waals surface area contributed by atoms with Gasteiger partial charge in [0.2, 0.25) is 17.8 Å². The molecule has 0 radical (unpaired) electrons. The Morgan fingerprint density at radius 3 is 2.56 bits per heavy atom. The van der Waals surface area contributed by atoms with Gasteiger partial charge < -0.3 is 25.6 Å². The van der Waals surface area contributed by atoms with E-state index in [4.69, 9.17) is 9.72 Å². The molecule has 5 heterocycles. The van der Waals surface area contributed by atoms with Crippen molar-refractivity contribution < 1.29 is 9.13 Å². The minimum Gasteiger partial charge on any atom is -0.494 e. The van der Waals surface area contributed by atoms with E-state index in [0.29, 0.717) is 41.5 Å². The molecule has 2 unspecified atom stereocenters. The molecule has 4 aliphatic heterocycles. The van der Waals surface area contributed by atoms with Crippen LogP contribution in [-0.2, 0) is 0 Å². The number of halogens is 1. The first kappa shape index (κ1) is 23.0. The van der Waals surface area contributed by atoms with Gasteiger partial charge in [-0.1, -0.05) is 6.92 Å². The number of piperidine rings is 3. The highest BCUT2D eigenvalue weighted by atomic mass is 19.1. The molecule has 9 nitrogen and oxygen atoms in total. The van der Waals surface area contributed by atoms with Crippen LogP contribution >= 0.6 is 0 Å². The molecule has 0 saturated carbocycles. The molecule has 6 rings (SSSR count). The maximum absolute atomic E-state index is 14.2. The fourth-order valence-corrected chi connectivity index (χ4v) is 5.49. The average Bonchev–Trinajstić information content (AvgIpc) is 3.31. The van der Waals surface area contributed by atoms with E-state index in [1.165, 1.54) is 51.9 Å². The summed E-state index contributed by atoms with van der Waals surface area (Å²) in [5.74, 6) is 1.85. The summed E-state index contributed by atoms with van der Waals surface area (Å²) in [6, 6.07) is 5.52. The molecule has 34 heavy (non-hydrogen) atoms. The van der Waals surface area contributed by atoms with E-state index >= 15 is 0 Å². The molecule has 4 saturated heterocycles. The van der Waals surface area contributed by atoms with Gasteiger partial charge in [0.1, 0.15) is 0 Å². The molecular formula is C24H35FN8O. The van der Waals surface area contributed by atoms with Gasteiger partial charge in [0.05, 0.1) is 7.11 Å². The molecule has 4 fully saturated rings. The molecule has 0 amide bonds. The van der Waals surface area contributed by atoms with Crippen molar-refractivity contribution >= 4 is 23.5 Å². The first-order valence-electron chi connectivity index (χ1n) is 12.4. The Kier molecular flexibility index (Phi) is 6.96. The van der Waals surface area contributed by atoms with Crippen LogP contribution < -0.4 is 20.7 Å². The third kappa shape index (κ3) is 5.17. The van der Waals surface area contributed by atoms with Crippen molar-refractivity contribution in [3.63, 3.8) is 0 Å². The fourth-order valence-electron chi connectivity index (χ4n) is 5.49. The van der Waals surface area contributed by atoms with Crippen molar-refractivity contribution in [2.75, 3.05) is 62.3 Å². The summed E-state index contributed by atoms with van der Waals surface area (Å²) >= 11 is 0. The fraction of sp³-hybridized carbons (Fsp3) is 0.625. The third-order valence-electron chi connectivity index (χ3n) is 7.42. The number of ether oxygens (including phenoxy) is 1. The number of methoxy groups -OCH3 is 1. The molecule has 184 valence electrons. The molecule has 2 aromatic rings. The number of hydrogen-bond donors (Lipinski definition) is 3. The van der Waals surface area contributed by atoms with Crippen molar-refractivity contribution in [1.82, 2.24) is 24.8 Å². The van der Waals surface area contributed by atoms with Gasteiger partial charge in [-0.2, -0.15) is 15.0 Å². The van der Waals surface area contributed by atoms with Crippen molar-refractivity contribution in [3.05, 3.63) is 24.0 Å². The molecular weight excluding hydrogens is 435 g/mol. The van der Waals surface area contributed by atoms with Gasteiger partial charge in [0, 0.05) is 36.9 Å². The minimum atomic E-state index is -0.438. The van der Waals surface area contributed by atoms with Gasteiger partial charge in [-0.05, 0) is 69.9 Å². The molecule has 0 spiro atoms. The van der Waals surface area contributed by atoms with Crippen LogP contribution in [0.25, 0.3) is 0 Å². The van der Waals surface area contributed by atoms with E-state index in [0.717, 1.165) is 26.2 Å². The summed E-state index contributed by atoms with van der Waals surface area (Å²) < 4.78 is 19.2. The number of likely N-dealkylation sites (tertiary alicyclic amines) is 1. The monoisotopic (exact) mass is 470 g/mol. The highest BCUT2D eigenvalue weighted by molar-refractivity contribution is 5.57. The van der Waals surface area contributed by atoms with E-state index < -0.39 is 5.82 Å². The van der Waals surface area contributed by atoms with E-state index in [1.54, 1.807) is 12.1 Å². The number of fused-ring (bicyclic) bond motifs is 3. The molecule has 4 aliphatic rings. The van der Waals surface area contributed by atoms with E-state index in [-0.39, 0.29) is 5.75 Å². The van der Waals surface area contributed by atoms with Crippen LogP contribution in [0.1, 0.15) is 32.6 Å². The second-order valence-corrected chi connectivity index (χ2v) is 9.47. The zero-order chi connectivity index (χ0) is 23.5. The van der Waals surface area contributed by atoms with Crippen molar-refractivity contribution in [2.45, 2.75) is 44.7 Å². The summed E-state index contributed by atoms with van der Waals surface area (Å²) in [7, 11) is 1.45. The number of benzene rings is 1. The number of nitrogens with zero attached hydrogens (tertiary/aromatic N) is 5. The Bertz CT molecular complexity index is 983. The third-order valence-corrected chi connectivity index (χ3v) is 7.42. The predicted molar refractivity (Wildman–Crippen MR) is 131 cm³/mol. The number of anilines is 4. The summed E-state index contributed by atoms with van der Waals surface area (Å²) in [6.45, 7) is 8.55. The maximum Gasteiger partial charge on any atom is 0.233 e. The lowest BCUT2D eigenvalue weighted by atomic mass is 9.84. The van der Waals surface area contributed by atoms with Crippen molar-refractivity contribution in [1.29, 1.82) is 0 Å². The van der Waals surface area contributed by atoms with Crippen LogP contribution in [0.5, 0.6) is 5.75 Å². The number of rotatable bonds is 9. The highest BCUT2D eigenvalue weighted by Crippen LogP contribution is 2.30. The standard InChI is InChI=1S/C24H35FN8O/c1-3-33-10-4-5-18(33)14-26-22-29-23(27-17-6-7-21(34-2)19(25)13-17)31-24(30-22)28-20-15-32-11-8-16(20)9-12-32/h6-7,13,16,18,20H,3-5,8-12,14-15H2,1-2H3,(H3,26,27,28,29,30,31).